The zero-order chi connectivity index (χ0) is 15.9. The van der Waals surface area contributed by atoms with Crippen molar-refractivity contribution in [2.75, 3.05) is 33.4 Å². The van der Waals surface area contributed by atoms with Gasteiger partial charge in [0.05, 0.1) is 18.1 Å². The Morgan fingerprint density at radius 2 is 2.05 bits per heavy atom. The van der Waals surface area contributed by atoms with Crippen molar-refractivity contribution in [3.63, 3.8) is 0 Å². The first-order valence-corrected chi connectivity index (χ1v) is 6.79. The molecule has 1 heterocycles. The van der Waals surface area contributed by atoms with E-state index in [1.165, 1.54) is 11.0 Å². The highest BCUT2D eigenvalue weighted by atomic mass is 16.6. The van der Waals surface area contributed by atoms with Crippen LogP contribution in [0.1, 0.15) is 16.8 Å². The summed E-state index contributed by atoms with van der Waals surface area (Å²) in [7, 11) is 1.55. The quantitative estimate of drug-likeness (QED) is 0.754. The molecule has 0 bridgehead atoms. The molecule has 1 aromatic rings. The van der Waals surface area contributed by atoms with Gasteiger partial charge in [0.25, 0.3) is 5.91 Å². The zero-order valence-electron chi connectivity index (χ0n) is 12.2. The summed E-state index contributed by atoms with van der Waals surface area (Å²) in [5.41, 5.74) is 0.289. The Morgan fingerprint density at radius 3 is 2.77 bits per heavy atom. The topological polar surface area (TPSA) is 88.9 Å². The molecule has 0 saturated carbocycles. The molecule has 0 radical (unpaired) electrons. The Morgan fingerprint density at radius 1 is 1.32 bits per heavy atom. The molecule has 0 atom stereocenters. The van der Waals surface area contributed by atoms with Gasteiger partial charge in [0.1, 0.15) is 13.2 Å². The van der Waals surface area contributed by atoms with Gasteiger partial charge in [-0.1, -0.05) is 0 Å². The second-order valence-electron chi connectivity index (χ2n) is 4.66. The summed E-state index contributed by atoms with van der Waals surface area (Å²) in [5, 5.41) is 8.47. The van der Waals surface area contributed by atoms with Crippen molar-refractivity contribution in [1.82, 2.24) is 4.90 Å². The van der Waals surface area contributed by atoms with Crippen LogP contribution in [0, 0.1) is 11.3 Å². The van der Waals surface area contributed by atoms with Crippen LogP contribution in [0.15, 0.2) is 18.2 Å². The van der Waals surface area contributed by atoms with Gasteiger partial charge < -0.3 is 19.1 Å². The molecule has 1 aromatic carbocycles. The Kier molecular flexibility index (Phi) is 5.20. The van der Waals surface area contributed by atoms with Crippen LogP contribution < -0.4 is 9.47 Å². The van der Waals surface area contributed by atoms with Crippen molar-refractivity contribution < 1.29 is 23.8 Å². The lowest BCUT2D eigenvalue weighted by atomic mass is 10.2. The molecule has 0 unspecified atom stereocenters. The number of benzene rings is 1. The minimum Gasteiger partial charge on any atom is -0.486 e. The van der Waals surface area contributed by atoms with E-state index in [1.807, 2.05) is 6.07 Å². The van der Waals surface area contributed by atoms with Gasteiger partial charge >= 0.3 is 5.97 Å². The largest absolute Gasteiger partial charge is 0.486 e. The second-order valence-corrected chi connectivity index (χ2v) is 4.66. The molecule has 1 aliphatic heterocycles. The number of fused-ring (bicyclic) bond motifs is 1. The maximum atomic E-state index is 11.9. The van der Waals surface area contributed by atoms with E-state index < -0.39 is 5.97 Å². The van der Waals surface area contributed by atoms with E-state index in [0.717, 1.165) is 0 Å². The number of likely N-dealkylation sites (N-methyl/N-ethyl adjacent to an activating group) is 1. The summed E-state index contributed by atoms with van der Waals surface area (Å²) in [4.78, 5) is 25.0. The fourth-order valence-electron chi connectivity index (χ4n) is 1.83. The molecule has 22 heavy (non-hydrogen) atoms. The average molecular weight is 304 g/mol. The molecule has 0 N–H and O–H groups in total. The molecule has 2 rings (SSSR count). The highest BCUT2D eigenvalue weighted by Gasteiger charge is 2.17. The molecule has 0 saturated heterocycles. The van der Waals surface area contributed by atoms with E-state index in [-0.39, 0.29) is 24.5 Å². The monoisotopic (exact) mass is 304 g/mol. The van der Waals surface area contributed by atoms with Crippen molar-refractivity contribution in [1.29, 1.82) is 5.26 Å². The first kappa shape index (κ1) is 15.6. The standard InChI is InChI=1S/C15H16N2O5/c1-17(6-2-5-16)14(18)10-22-15(19)11-3-4-12-13(9-11)21-8-7-20-12/h3-4,9H,2,6-8,10H2,1H3. The number of rotatable bonds is 5. The van der Waals surface area contributed by atoms with Crippen LogP contribution in [0.2, 0.25) is 0 Å². The molecular formula is C15H16N2O5. The summed E-state index contributed by atoms with van der Waals surface area (Å²) in [6, 6.07) is 6.66. The van der Waals surface area contributed by atoms with Gasteiger partial charge in [0.15, 0.2) is 18.1 Å². The minimum absolute atomic E-state index is 0.234. The number of carbonyl (C=O) groups is 2. The van der Waals surface area contributed by atoms with Crippen LogP contribution in [-0.4, -0.2) is 50.2 Å². The summed E-state index contributed by atoms with van der Waals surface area (Å²) >= 11 is 0. The van der Waals surface area contributed by atoms with Gasteiger partial charge in [0.2, 0.25) is 0 Å². The fourth-order valence-corrected chi connectivity index (χ4v) is 1.83. The molecule has 7 nitrogen and oxygen atoms in total. The van der Waals surface area contributed by atoms with Crippen molar-refractivity contribution in [2.45, 2.75) is 6.42 Å². The first-order valence-electron chi connectivity index (χ1n) is 6.79. The molecule has 7 heteroatoms. The van der Waals surface area contributed by atoms with E-state index in [0.29, 0.717) is 31.3 Å². The SMILES string of the molecule is CN(CCC#N)C(=O)COC(=O)c1ccc2c(c1)OCCO2. The Hall–Kier alpha value is -2.75. The number of hydrogen-bond acceptors (Lipinski definition) is 6. The molecule has 116 valence electrons. The Balaban J connectivity index is 1.90. The lowest BCUT2D eigenvalue weighted by Crippen LogP contribution is -2.31. The van der Waals surface area contributed by atoms with Crippen molar-refractivity contribution in [3.05, 3.63) is 23.8 Å². The Labute approximate surface area is 128 Å². The summed E-state index contributed by atoms with van der Waals surface area (Å²) < 4.78 is 15.7. The third kappa shape index (κ3) is 3.88. The highest BCUT2D eigenvalue weighted by Crippen LogP contribution is 2.30. The average Bonchev–Trinajstić information content (AvgIpc) is 2.56. The van der Waals surface area contributed by atoms with Crippen LogP contribution in [0.25, 0.3) is 0 Å². The minimum atomic E-state index is -0.612. The van der Waals surface area contributed by atoms with Crippen LogP contribution >= 0.6 is 0 Å². The maximum Gasteiger partial charge on any atom is 0.338 e. The molecule has 0 aromatic heterocycles. The second kappa shape index (κ2) is 7.31. The van der Waals surface area contributed by atoms with E-state index in [4.69, 9.17) is 19.5 Å². The van der Waals surface area contributed by atoms with Crippen molar-refractivity contribution >= 4 is 11.9 Å². The predicted molar refractivity (Wildman–Crippen MR) is 75.6 cm³/mol. The summed E-state index contributed by atoms with van der Waals surface area (Å²) in [5.74, 6) is 0.0911. The summed E-state index contributed by atoms with van der Waals surface area (Å²) in [6.45, 7) is 0.833. The van der Waals surface area contributed by atoms with Crippen LogP contribution in [0.3, 0.4) is 0 Å². The number of amides is 1. The first-order chi connectivity index (χ1) is 10.6. The molecule has 1 amide bonds. The number of carbonyl (C=O) groups excluding carboxylic acids is 2. The zero-order valence-corrected chi connectivity index (χ0v) is 12.2. The third-order valence-corrected chi connectivity index (χ3v) is 3.09. The predicted octanol–water partition coefficient (Wildman–Crippen LogP) is 0.987. The molecule has 1 aliphatic rings. The fraction of sp³-hybridized carbons (Fsp3) is 0.400. The van der Waals surface area contributed by atoms with Crippen LogP contribution in [0.4, 0.5) is 0 Å². The maximum absolute atomic E-state index is 11.9. The molecule has 0 aliphatic carbocycles. The molecule has 0 fully saturated rings. The number of esters is 1. The van der Waals surface area contributed by atoms with E-state index in [9.17, 15) is 9.59 Å². The van der Waals surface area contributed by atoms with E-state index in [2.05, 4.69) is 0 Å². The normalized spacial score (nSPS) is 12.2. The molecule has 0 spiro atoms. The van der Waals surface area contributed by atoms with Gasteiger partial charge in [-0.05, 0) is 18.2 Å². The number of ether oxygens (including phenoxy) is 3. The van der Waals surface area contributed by atoms with Crippen molar-refractivity contribution in [3.8, 4) is 17.6 Å². The van der Waals surface area contributed by atoms with E-state index >= 15 is 0 Å². The lowest BCUT2D eigenvalue weighted by Gasteiger charge is -2.18. The van der Waals surface area contributed by atoms with Gasteiger partial charge in [-0.15, -0.1) is 0 Å². The number of nitrogens with zero attached hydrogens (tertiary/aromatic N) is 2. The van der Waals surface area contributed by atoms with Gasteiger partial charge in [-0.25, -0.2) is 4.79 Å². The third-order valence-electron chi connectivity index (χ3n) is 3.09. The van der Waals surface area contributed by atoms with Crippen molar-refractivity contribution in [2.24, 2.45) is 0 Å². The smallest absolute Gasteiger partial charge is 0.338 e. The van der Waals surface area contributed by atoms with Gasteiger partial charge in [-0.2, -0.15) is 5.26 Å². The molecular weight excluding hydrogens is 288 g/mol. The van der Waals surface area contributed by atoms with Crippen LogP contribution in [-0.2, 0) is 9.53 Å². The highest BCUT2D eigenvalue weighted by molar-refractivity contribution is 5.92. The van der Waals surface area contributed by atoms with Gasteiger partial charge in [-0.3, -0.25) is 4.79 Å². The summed E-state index contributed by atoms with van der Waals surface area (Å²) in [6.07, 6.45) is 0.234. The lowest BCUT2D eigenvalue weighted by molar-refractivity contribution is -0.133. The van der Waals surface area contributed by atoms with E-state index in [1.54, 1.807) is 19.2 Å². The van der Waals surface area contributed by atoms with Gasteiger partial charge in [0, 0.05) is 13.6 Å². The Bertz CT molecular complexity index is 608. The number of hydrogen-bond donors (Lipinski definition) is 0. The van der Waals surface area contributed by atoms with Crippen LogP contribution in [0.5, 0.6) is 11.5 Å². The number of nitriles is 1.